The van der Waals surface area contributed by atoms with Crippen LogP contribution in [-0.4, -0.2) is 54.5 Å². The lowest BCUT2D eigenvalue weighted by molar-refractivity contribution is -0.127. The molecular formula is C18H30IN5O2. The molecule has 0 bridgehead atoms. The molecule has 0 aromatic carbocycles. The zero-order valence-electron chi connectivity index (χ0n) is 15.7. The molecule has 0 aliphatic carbocycles. The summed E-state index contributed by atoms with van der Waals surface area (Å²) in [7, 11) is 0. The van der Waals surface area contributed by atoms with E-state index in [1.165, 1.54) is 0 Å². The molecule has 1 fully saturated rings. The van der Waals surface area contributed by atoms with Gasteiger partial charge in [-0.1, -0.05) is 6.07 Å². The van der Waals surface area contributed by atoms with E-state index in [2.05, 4.69) is 20.6 Å². The number of nitrogens with zero attached hydrogens (tertiary/aromatic N) is 3. The first-order chi connectivity index (χ1) is 12.2. The molecule has 1 amide bonds. The van der Waals surface area contributed by atoms with Crippen LogP contribution in [0.1, 0.15) is 38.7 Å². The van der Waals surface area contributed by atoms with Crippen molar-refractivity contribution in [1.29, 1.82) is 0 Å². The van der Waals surface area contributed by atoms with Gasteiger partial charge in [0.05, 0.1) is 13.2 Å². The molecule has 26 heavy (non-hydrogen) atoms. The Bertz CT molecular complexity index is 582. The number of nitrogens with one attached hydrogen (secondary N) is 2. The number of likely N-dealkylation sites (tertiary alicyclic amines) is 1. The van der Waals surface area contributed by atoms with Crippen LogP contribution in [0, 0.1) is 0 Å². The number of carbonyl (C=O) groups is 1. The summed E-state index contributed by atoms with van der Waals surface area (Å²) in [6, 6.07) is 3.87. The summed E-state index contributed by atoms with van der Waals surface area (Å²) in [5.41, 5.74) is 0.962. The van der Waals surface area contributed by atoms with E-state index in [0.717, 1.165) is 50.5 Å². The van der Waals surface area contributed by atoms with Crippen LogP contribution >= 0.6 is 24.0 Å². The molecule has 1 saturated heterocycles. The first-order valence-electron chi connectivity index (χ1n) is 9.11. The number of pyridine rings is 1. The Hall–Kier alpha value is -1.58. The standard InChI is InChI=1S/C18H29N5O2.HI/c1-3-19-18(21-11-7-13-23-12-6-9-16(23)24)22-14-15-8-5-10-20-17(15)25-4-2;/h5,8,10H,3-4,6-7,9,11-14H2,1-2H3,(H2,19,21,22);1H. The maximum atomic E-state index is 11.6. The van der Waals surface area contributed by atoms with E-state index in [9.17, 15) is 4.79 Å². The van der Waals surface area contributed by atoms with Crippen molar-refractivity contribution in [3.05, 3.63) is 23.9 Å². The average Bonchev–Trinajstić information content (AvgIpc) is 3.03. The molecule has 0 saturated carbocycles. The van der Waals surface area contributed by atoms with Crippen molar-refractivity contribution in [3.63, 3.8) is 0 Å². The number of aromatic nitrogens is 1. The molecule has 1 aromatic heterocycles. The molecule has 2 heterocycles. The van der Waals surface area contributed by atoms with Crippen LogP contribution in [0.5, 0.6) is 5.88 Å². The number of guanidine groups is 1. The Morgan fingerprint density at radius 1 is 1.38 bits per heavy atom. The minimum absolute atomic E-state index is 0. The lowest BCUT2D eigenvalue weighted by Crippen LogP contribution is -2.39. The third-order valence-corrected chi connectivity index (χ3v) is 3.95. The molecule has 7 nitrogen and oxygen atoms in total. The normalized spacial score (nSPS) is 14.2. The molecule has 1 aliphatic heterocycles. The van der Waals surface area contributed by atoms with Gasteiger partial charge in [0, 0.05) is 44.4 Å². The van der Waals surface area contributed by atoms with Crippen LogP contribution < -0.4 is 15.4 Å². The first kappa shape index (κ1) is 22.5. The zero-order chi connectivity index (χ0) is 17.9. The van der Waals surface area contributed by atoms with Gasteiger partial charge in [-0.15, -0.1) is 24.0 Å². The topological polar surface area (TPSA) is 78.9 Å². The minimum Gasteiger partial charge on any atom is -0.478 e. The van der Waals surface area contributed by atoms with Crippen LogP contribution in [0.25, 0.3) is 0 Å². The molecule has 0 atom stereocenters. The lowest BCUT2D eigenvalue weighted by atomic mass is 10.3. The summed E-state index contributed by atoms with van der Waals surface area (Å²) in [6.45, 7) is 8.35. The second-order valence-corrected chi connectivity index (χ2v) is 5.86. The SMILES string of the molecule is CCNC(=NCc1cccnc1OCC)NCCCN1CCCC1=O.I. The third kappa shape index (κ3) is 7.35. The molecule has 8 heteroatoms. The lowest BCUT2D eigenvalue weighted by Gasteiger charge is -2.16. The molecular weight excluding hydrogens is 445 g/mol. The summed E-state index contributed by atoms with van der Waals surface area (Å²) in [4.78, 5) is 22.4. The molecule has 0 radical (unpaired) electrons. The summed E-state index contributed by atoms with van der Waals surface area (Å²) >= 11 is 0. The fourth-order valence-corrected chi connectivity index (χ4v) is 2.73. The van der Waals surface area contributed by atoms with E-state index in [-0.39, 0.29) is 29.9 Å². The third-order valence-electron chi connectivity index (χ3n) is 3.95. The van der Waals surface area contributed by atoms with Gasteiger partial charge in [-0.3, -0.25) is 4.79 Å². The number of amides is 1. The number of halogens is 1. The van der Waals surface area contributed by atoms with Gasteiger partial charge in [-0.2, -0.15) is 0 Å². The van der Waals surface area contributed by atoms with Gasteiger partial charge in [0.15, 0.2) is 5.96 Å². The van der Waals surface area contributed by atoms with Crippen molar-refractivity contribution in [2.75, 3.05) is 32.8 Å². The molecule has 0 spiro atoms. The van der Waals surface area contributed by atoms with Crippen molar-refractivity contribution in [2.45, 2.75) is 39.7 Å². The van der Waals surface area contributed by atoms with Gasteiger partial charge in [-0.25, -0.2) is 9.98 Å². The van der Waals surface area contributed by atoms with Crippen molar-refractivity contribution >= 4 is 35.8 Å². The predicted molar refractivity (Wildman–Crippen MR) is 114 cm³/mol. The van der Waals surface area contributed by atoms with Crippen LogP contribution in [0.4, 0.5) is 0 Å². The number of rotatable bonds is 9. The number of ether oxygens (including phenoxy) is 1. The Labute approximate surface area is 173 Å². The van der Waals surface area contributed by atoms with E-state index >= 15 is 0 Å². The van der Waals surface area contributed by atoms with E-state index in [4.69, 9.17) is 4.74 Å². The zero-order valence-corrected chi connectivity index (χ0v) is 18.0. The maximum Gasteiger partial charge on any atom is 0.222 e. The Morgan fingerprint density at radius 3 is 2.92 bits per heavy atom. The van der Waals surface area contributed by atoms with Crippen molar-refractivity contribution in [2.24, 2.45) is 4.99 Å². The highest BCUT2D eigenvalue weighted by molar-refractivity contribution is 14.0. The van der Waals surface area contributed by atoms with E-state index < -0.39 is 0 Å². The summed E-state index contributed by atoms with van der Waals surface area (Å²) in [5.74, 6) is 1.68. The second-order valence-electron chi connectivity index (χ2n) is 5.86. The fraction of sp³-hybridized carbons (Fsp3) is 0.611. The van der Waals surface area contributed by atoms with Gasteiger partial charge in [0.2, 0.25) is 11.8 Å². The average molecular weight is 475 g/mol. The predicted octanol–water partition coefficient (Wildman–Crippen LogP) is 2.17. The van der Waals surface area contributed by atoms with Crippen LogP contribution in [0.15, 0.2) is 23.3 Å². The second kappa shape index (κ2) is 12.7. The Balaban J connectivity index is 0.00000338. The van der Waals surface area contributed by atoms with Crippen LogP contribution in [0.2, 0.25) is 0 Å². The largest absolute Gasteiger partial charge is 0.478 e. The van der Waals surface area contributed by atoms with Crippen molar-refractivity contribution in [1.82, 2.24) is 20.5 Å². The van der Waals surface area contributed by atoms with E-state index in [0.29, 0.717) is 25.5 Å². The number of hydrogen-bond acceptors (Lipinski definition) is 4. The fourth-order valence-electron chi connectivity index (χ4n) is 2.73. The van der Waals surface area contributed by atoms with E-state index in [1.807, 2.05) is 30.9 Å². The van der Waals surface area contributed by atoms with Crippen molar-refractivity contribution < 1.29 is 9.53 Å². The summed E-state index contributed by atoms with van der Waals surface area (Å²) < 4.78 is 5.54. The van der Waals surface area contributed by atoms with Gasteiger partial charge in [0.1, 0.15) is 0 Å². The quantitative estimate of drug-likeness (QED) is 0.248. The highest BCUT2D eigenvalue weighted by atomic mass is 127. The molecule has 146 valence electrons. The van der Waals surface area contributed by atoms with E-state index in [1.54, 1.807) is 6.20 Å². The van der Waals surface area contributed by atoms with Gasteiger partial charge >= 0.3 is 0 Å². The highest BCUT2D eigenvalue weighted by Gasteiger charge is 2.18. The first-order valence-corrected chi connectivity index (χ1v) is 9.11. The summed E-state index contributed by atoms with van der Waals surface area (Å²) in [5, 5.41) is 6.56. The molecule has 2 N–H and O–H groups in total. The Morgan fingerprint density at radius 2 is 2.23 bits per heavy atom. The van der Waals surface area contributed by atoms with Gasteiger partial charge in [0.25, 0.3) is 0 Å². The molecule has 1 aromatic rings. The number of hydrogen-bond donors (Lipinski definition) is 2. The maximum absolute atomic E-state index is 11.6. The molecule has 2 rings (SSSR count). The number of carbonyl (C=O) groups excluding carboxylic acids is 1. The van der Waals surface area contributed by atoms with Gasteiger partial charge < -0.3 is 20.3 Å². The Kier molecular flexibility index (Phi) is 11.0. The monoisotopic (exact) mass is 475 g/mol. The van der Waals surface area contributed by atoms with Crippen LogP contribution in [0.3, 0.4) is 0 Å². The highest BCUT2D eigenvalue weighted by Crippen LogP contribution is 2.15. The minimum atomic E-state index is 0. The molecule has 0 unspecified atom stereocenters. The van der Waals surface area contributed by atoms with Crippen molar-refractivity contribution in [3.8, 4) is 5.88 Å². The smallest absolute Gasteiger partial charge is 0.222 e. The number of aliphatic imine (C=N–C) groups is 1. The molecule has 1 aliphatic rings. The summed E-state index contributed by atoms with van der Waals surface area (Å²) in [6.07, 6.45) is 4.32. The van der Waals surface area contributed by atoms with Crippen LogP contribution in [-0.2, 0) is 11.3 Å². The van der Waals surface area contributed by atoms with Gasteiger partial charge in [-0.05, 0) is 32.8 Å².